The van der Waals surface area contributed by atoms with Gasteiger partial charge in [-0.05, 0) is 24.3 Å². The Kier molecular flexibility index (Phi) is 4.56. The molecule has 2 rings (SSSR count). The zero-order valence-corrected chi connectivity index (χ0v) is 11.1. The van der Waals surface area contributed by atoms with E-state index in [1.54, 1.807) is 0 Å². The smallest absolute Gasteiger partial charge is 0.527 e. The molecule has 5 heteroatoms. The summed E-state index contributed by atoms with van der Waals surface area (Å²) < 4.78 is 11.2. The highest BCUT2D eigenvalue weighted by Gasteiger charge is 2.05. The molecule has 0 aliphatic heterocycles. The van der Waals surface area contributed by atoms with Crippen LogP contribution in [0.3, 0.4) is 0 Å². The lowest BCUT2D eigenvalue weighted by molar-refractivity contribution is 0.461. The normalized spacial score (nSPS) is 9.58. The molecular formula is C14H17BN2O2. The van der Waals surface area contributed by atoms with Crippen LogP contribution in [0.25, 0.3) is 0 Å². The Morgan fingerprint density at radius 3 is 1.58 bits per heavy atom. The predicted octanol–water partition coefficient (Wildman–Crippen LogP) is 2.49. The number of hydrogen-bond donors (Lipinski definition) is 2. The minimum Gasteiger partial charge on any atom is -0.527 e. The molecule has 0 unspecified atom stereocenters. The highest BCUT2D eigenvalue weighted by atomic mass is 16.6. The van der Waals surface area contributed by atoms with Gasteiger partial charge in [0, 0.05) is 14.1 Å². The molecule has 0 saturated heterocycles. The molecule has 0 atom stereocenters. The molecule has 0 bridgehead atoms. The van der Waals surface area contributed by atoms with Crippen LogP contribution < -0.4 is 19.9 Å². The van der Waals surface area contributed by atoms with Crippen LogP contribution in [0.4, 0.5) is 11.4 Å². The molecule has 2 aromatic rings. The average Bonchev–Trinajstić information content (AvgIpc) is 2.48. The Morgan fingerprint density at radius 1 is 0.737 bits per heavy atom. The van der Waals surface area contributed by atoms with Gasteiger partial charge in [0.1, 0.15) is 11.5 Å². The first-order chi connectivity index (χ1) is 9.35. The molecule has 19 heavy (non-hydrogen) atoms. The van der Waals surface area contributed by atoms with Crippen molar-refractivity contribution in [2.24, 2.45) is 0 Å². The topological polar surface area (TPSA) is 42.5 Å². The third-order valence-electron chi connectivity index (χ3n) is 2.74. The highest BCUT2D eigenvalue weighted by Crippen LogP contribution is 2.25. The van der Waals surface area contributed by atoms with E-state index in [2.05, 4.69) is 10.6 Å². The van der Waals surface area contributed by atoms with Crippen LogP contribution in [0.5, 0.6) is 11.5 Å². The largest absolute Gasteiger partial charge is 0.576 e. The molecule has 0 amide bonds. The maximum atomic E-state index is 5.62. The molecule has 0 aliphatic carbocycles. The monoisotopic (exact) mass is 256 g/mol. The quantitative estimate of drug-likeness (QED) is 0.779. The summed E-state index contributed by atoms with van der Waals surface area (Å²) >= 11 is 0. The molecule has 0 saturated carbocycles. The summed E-state index contributed by atoms with van der Waals surface area (Å²) in [6.45, 7) is 0. The number of anilines is 2. The summed E-state index contributed by atoms with van der Waals surface area (Å²) in [6, 6.07) is 15.5. The van der Waals surface area contributed by atoms with Gasteiger partial charge in [-0.2, -0.15) is 0 Å². The Labute approximate surface area is 114 Å². The third-order valence-corrected chi connectivity index (χ3v) is 2.74. The zero-order chi connectivity index (χ0) is 13.5. The molecule has 0 fully saturated rings. The zero-order valence-electron chi connectivity index (χ0n) is 11.1. The lowest BCUT2D eigenvalue weighted by atomic mass is 10.2. The van der Waals surface area contributed by atoms with E-state index >= 15 is 0 Å². The van der Waals surface area contributed by atoms with E-state index in [1.807, 2.05) is 62.6 Å². The van der Waals surface area contributed by atoms with E-state index < -0.39 is 0 Å². The van der Waals surface area contributed by atoms with Crippen molar-refractivity contribution < 1.29 is 9.31 Å². The maximum absolute atomic E-state index is 5.62. The van der Waals surface area contributed by atoms with Gasteiger partial charge in [0.05, 0.1) is 11.4 Å². The van der Waals surface area contributed by atoms with Crippen molar-refractivity contribution in [3.05, 3.63) is 48.5 Å². The van der Waals surface area contributed by atoms with Crippen LogP contribution in [0, 0.1) is 0 Å². The Hall–Kier alpha value is -2.30. The van der Waals surface area contributed by atoms with Crippen molar-refractivity contribution in [3.63, 3.8) is 0 Å². The van der Waals surface area contributed by atoms with Crippen LogP contribution in [0.2, 0.25) is 0 Å². The van der Waals surface area contributed by atoms with E-state index in [4.69, 9.17) is 9.31 Å². The summed E-state index contributed by atoms with van der Waals surface area (Å²) in [5.74, 6) is 1.54. The van der Waals surface area contributed by atoms with E-state index in [9.17, 15) is 0 Å². The SMILES string of the molecule is CNc1ccccc1OBOc1ccccc1NC. The van der Waals surface area contributed by atoms with Crippen LogP contribution in [-0.2, 0) is 0 Å². The lowest BCUT2D eigenvalue weighted by Gasteiger charge is -2.13. The van der Waals surface area contributed by atoms with Gasteiger partial charge >= 0.3 is 7.69 Å². The fourth-order valence-electron chi connectivity index (χ4n) is 1.75. The Morgan fingerprint density at radius 2 is 1.16 bits per heavy atom. The number of para-hydroxylation sites is 4. The molecular weight excluding hydrogens is 239 g/mol. The van der Waals surface area contributed by atoms with E-state index in [0.717, 1.165) is 22.9 Å². The van der Waals surface area contributed by atoms with Crippen molar-refractivity contribution in [1.29, 1.82) is 0 Å². The van der Waals surface area contributed by atoms with Crippen molar-refractivity contribution >= 4 is 19.1 Å². The van der Waals surface area contributed by atoms with Gasteiger partial charge in [-0.25, -0.2) is 0 Å². The fourth-order valence-corrected chi connectivity index (χ4v) is 1.75. The average molecular weight is 256 g/mol. The summed E-state index contributed by atoms with van der Waals surface area (Å²) in [6.07, 6.45) is 0. The number of nitrogens with one attached hydrogen (secondary N) is 2. The summed E-state index contributed by atoms with van der Waals surface area (Å²) in [7, 11) is 3.89. The lowest BCUT2D eigenvalue weighted by Crippen LogP contribution is -2.12. The Balaban J connectivity index is 1.96. The van der Waals surface area contributed by atoms with Crippen LogP contribution in [-0.4, -0.2) is 21.8 Å². The summed E-state index contributed by atoms with van der Waals surface area (Å²) in [5, 5.41) is 6.15. The third kappa shape index (κ3) is 3.34. The minimum absolute atomic E-state index is 0.164. The second-order valence-corrected chi connectivity index (χ2v) is 3.90. The maximum Gasteiger partial charge on any atom is 0.576 e. The summed E-state index contributed by atoms with van der Waals surface area (Å²) in [5.41, 5.74) is 1.88. The van der Waals surface area contributed by atoms with Crippen molar-refractivity contribution in [3.8, 4) is 11.5 Å². The van der Waals surface area contributed by atoms with Gasteiger partial charge in [0.2, 0.25) is 0 Å². The molecule has 2 aromatic carbocycles. The van der Waals surface area contributed by atoms with E-state index in [-0.39, 0.29) is 7.69 Å². The van der Waals surface area contributed by atoms with E-state index in [1.165, 1.54) is 0 Å². The van der Waals surface area contributed by atoms with Crippen LogP contribution >= 0.6 is 0 Å². The van der Waals surface area contributed by atoms with Gasteiger partial charge in [0.25, 0.3) is 0 Å². The summed E-state index contributed by atoms with van der Waals surface area (Å²) in [4.78, 5) is 0. The highest BCUT2D eigenvalue weighted by molar-refractivity contribution is 6.21. The second kappa shape index (κ2) is 6.59. The first kappa shape index (κ1) is 13.1. The standard InChI is InChI=1S/C14H17BN2O2/c1-16-11-7-3-5-9-13(11)18-15-19-14-10-6-4-8-12(14)17-2/h3-10,15-17H,1-2H3. The molecule has 0 aromatic heterocycles. The van der Waals surface area contributed by atoms with Gasteiger partial charge in [0.15, 0.2) is 0 Å². The number of benzene rings is 2. The molecule has 0 radical (unpaired) electrons. The van der Waals surface area contributed by atoms with Crippen molar-refractivity contribution in [1.82, 2.24) is 0 Å². The molecule has 98 valence electrons. The molecule has 0 aliphatic rings. The van der Waals surface area contributed by atoms with Gasteiger partial charge in [-0.3, -0.25) is 0 Å². The first-order valence-electron chi connectivity index (χ1n) is 6.14. The first-order valence-corrected chi connectivity index (χ1v) is 6.14. The van der Waals surface area contributed by atoms with Gasteiger partial charge < -0.3 is 19.9 Å². The molecule has 2 N–H and O–H groups in total. The molecule has 0 heterocycles. The predicted molar refractivity (Wildman–Crippen MR) is 80.4 cm³/mol. The number of hydrogen-bond acceptors (Lipinski definition) is 4. The van der Waals surface area contributed by atoms with Gasteiger partial charge in [-0.15, -0.1) is 0 Å². The molecule has 4 nitrogen and oxygen atoms in total. The van der Waals surface area contributed by atoms with Crippen LogP contribution in [0.1, 0.15) is 0 Å². The van der Waals surface area contributed by atoms with Crippen LogP contribution in [0.15, 0.2) is 48.5 Å². The minimum atomic E-state index is 0.164. The molecule has 0 spiro atoms. The number of rotatable bonds is 6. The Bertz CT molecular complexity index is 487. The van der Waals surface area contributed by atoms with Gasteiger partial charge in [-0.1, -0.05) is 24.3 Å². The van der Waals surface area contributed by atoms with E-state index in [0.29, 0.717) is 0 Å². The fraction of sp³-hybridized carbons (Fsp3) is 0.143. The van der Waals surface area contributed by atoms with Crippen molar-refractivity contribution in [2.45, 2.75) is 0 Å². The van der Waals surface area contributed by atoms with Crippen molar-refractivity contribution in [2.75, 3.05) is 24.7 Å². The second-order valence-electron chi connectivity index (χ2n) is 3.90.